The zero-order valence-electron chi connectivity index (χ0n) is 16.5. The summed E-state index contributed by atoms with van der Waals surface area (Å²) in [6.45, 7) is 10.4. The van der Waals surface area contributed by atoms with Gasteiger partial charge in [0.25, 0.3) is 0 Å². The van der Waals surface area contributed by atoms with Crippen molar-refractivity contribution in [1.29, 1.82) is 0 Å². The van der Waals surface area contributed by atoms with Gasteiger partial charge in [0, 0.05) is 12.1 Å². The van der Waals surface area contributed by atoms with Crippen molar-refractivity contribution in [3.8, 4) is 17.0 Å². The summed E-state index contributed by atoms with van der Waals surface area (Å²) in [5, 5.41) is 2.26. The number of benzene rings is 2. The van der Waals surface area contributed by atoms with Gasteiger partial charge >= 0.3 is 0 Å². The van der Waals surface area contributed by atoms with E-state index >= 15 is 0 Å². The maximum absolute atomic E-state index is 6.29. The number of aromatic nitrogens is 1. The van der Waals surface area contributed by atoms with Crippen LogP contribution in [0.3, 0.4) is 0 Å². The van der Waals surface area contributed by atoms with Crippen molar-refractivity contribution in [3.63, 3.8) is 0 Å². The number of hydrogen-bond acceptors (Lipinski definition) is 1. The van der Waals surface area contributed by atoms with E-state index in [0.29, 0.717) is 5.76 Å². The molecule has 1 aromatic heterocycles. The summed E-state index contributed by atoms with van der Waals surface area (Å²) < 4.78 is 8.41. The van der Waals surface area contributed by atoms with Crippen LogP contribution in [0, 0.1) is 13.8 Å². The van der Waals surface area contributed by atoms with E-state index in [1.165, 1.54) is 5.56 Å². The van der Waals surface area contributed by atoms with E-state index < -0.39 is 0 Å². The van der Waals surface area contributed by atoms with Gasteiger partial charge in [-0.2, -0.15) is 0 Å². The number of allylic oxidation sites excluding steroid dienone is 1. The summed E-state index contributed by atoms with van der Waals surface area (Å²) in [7, 11) is 2.05. The van der Waals surface area contributed by atoms with Crippen LogP contribution >= 0.6 is 0 Å². The Bertz CT molecular complexity index is 1110. The first-order valence-corrected chi connectivity index (χ1v) is 9.16. The number of ether oxygens (including phenoxy) is 1. The summed E-state index contributed by atoms with van der Waals surface area (Å²) in [5.74, 6) is 1.48. The SMILES string of the molecule is C=C(/C=c1/cccc/c1=C/C)Oc1c(C)ccc(C)c1-c1cccc[n+]1C. The third kappa shape index (κ3) is 4.01. The lowest BCUT2D eigenvalue weighted by molar-refractivity contribution is -0.660. The molecule has 136 valence electrons. The summed E-state index contributed by atoms with van der Waals surface area (Å²) in [6, 6.07) is 18.7. The molecule has 0 aliphatic carbocycles. The number of nitrogens with zero attached hydrogens (tertiary/aromatic N) is 1. The topological polar surface area (TPSA) is 13.1 Å². The molecule has 0 saturated carbocycles. The summed E-state index contributed by atoms with van der Waals surface area (Å²) in [6.07, 6.45) is 6.13. The van der Waals surface area contributed by atoms with Gasteiger partial charge in [0.05, 0.1) is 5.56 Å². The van der Waals surface area contributed by atoms with Gasteiger partial charge in [-0.25, -0.2) is 4.57 Å². The molecule has 2 heteroatoms. The van der Waals surface area contributed by atoms with Crippen molar-refractivity contribution in [2.24, 2.45) is 7.05 Å². The van der Waals surface area contributed by atoms with Crippen LogP contribution in [0.15, 0.2) is 73.1 Å². The third-order valence-corrected chi connectivity index (χ3v) is 4.73. The smallest absolute Gasteiger partial charge is 0.216 e. The lowest BCUT2D eigenvalue weighted by Crippen LogP contribution is -2.30. The Morgan fingerprint density at radius 1 is 0.926 bits per heavy atom. The van der Waals surface area contributed by atoms with Gasteiger partial charge in [-0.05, 0) is 54.5 Å². The molecule has 0 saturated heterocycles. The van der Waals surface area contributed by atoms with Gasteiger partial charge in [-0.15, -0.1) is 0 Å². The molecule has 1 heterocycles. The Morgan fingerprint density at radius 3 is 2.30 bits per heavy atom. The Hall–Kier alpha value is -3.13. The van der Waals surface area contributed by atoms with Crippen molar-refractivity contribution in [1.82, 2.24) is 0 Å². The number of rotatable bonds is 4. The minimum atomic E-state index is 0.623. The summed E-state index contributed by atoms with van der Waals surface area (Å²) in [5.41, 5.74) is 4.48. The molecule has 0 aliphatic heterocycles. The van der Waals surface area contributed by atoms with E-state index in [1.807, 2.05) is 31.2 Å². The molecule has 0 radical (unpaired) electrons. The Labute approximate surface area is 161 Å². The van der Waals surface area contributed by atoms with Crippen molar-refractivity contribution >= 4 is 12.2 Å². The zero-order valence-corrected chi connectivity index (χ0v) is 16.5. The molecular weight excluding hydrogens is 330 g/mol. The highest BCUT2D eigenvalue weighted by atomic mass is 16.5. The van der Waals surface area contributed by atoms with Gasteiger partial charge in [0.1, 0.15) is 18.6 Å². The number of aryl methyl sites for hydroxylation is 3. The van der Waals surface area contributed by atoms with Gasteiger partial charge in [0.15, 0.2) is 6.20 Å². The van der Waals surface area contributed by atoms with Crippen molar-refractivity contribution in [2.75, 3.05) is 0 Å². The van der Waals surface area contributed by atoms with Gasteiger partial charge in [-0.1, -0.05) is 49.1 Å². The summed E-state index contributed by atoms with van der Waals surface area (Å²) >= 11 is 0. The summed E-state index contributed by atoms with van der Waals surface area (Å²) in [4.78, 5) is 0. The molecule has 0 fully saturated rings. The third-order valence-electron chi connectivity index (χ3n) is 4.73. The fourth-order valence-corrected chi connectivity index (χ4v) is 3.26. The van der Waals surface area contributed by atoms with E-state index in [-0.39, 0.29) is 0 Å². The molecule has 0 spiro atoms. The predicted molar refractivity (Wildman–Crippen MR) is 113 cm³/mol. The number of pyridine rings is 1. The van der Waals surface area contributed by atoms with E-state index in [0.717, 1.165) is 33.0 Å². The van der Waals surface area contributed by atoms with E-state index in [1.54, 1.807) is 0 Å². The molecule has 0 atom stereocenters. The molecule has 3 aromatic rings. The van der Waals surface area contributed by atoms with Crippen LogP contribution in [0.5, 0.6) is 5.75 Å². The fraction of sp³-hybridized carbons (Fsp3) is 0.160. The van der Waals surface area contributed by atoms with E-state index in [4.69, 9.17) is 4.74 Å². The molecular formula is C25H26NO+. The largest absolute Gasteiger partial charge is 0.457 e. The second kappa shape index (κ2) is 8.05. The first-order chi connectivity index (χ1) is 13.0. The van der Waals surface area contributed by atoms with Gasteiger partial charge in [0.2, 0.25) is 5.69 Å². The maximum Gasteiger partial charge on any atom is 0.216 e. The first-order valence-electron chi connectivity index (χ1n) is 9.16. The molecule has 27 heavy (non-hydrogen) atoms. The van der Waals surface area contributed by atoms with Crippen LogP contribution in [0.25, 0.3) is 23.4 Å². The van der Waals surface area contributed by atoms with E-state index in [9.17, 15) is 0 Å². The molecule has 2 aromatic carbocycles. The molecule has 0 aliphatic rings. The maximum atomic E-state index is 6.29. The standard InChI is InChI=1S/C25H26NO/c1-6-21-11-7-8-12-22(21)17-20(4)27-25-19(3)15-14-18(2)24(25)23-13-9-10-16-26(23)5/h6-17H,4H2,1-3,5H3/q+1/b21-6-,22-17-. The minimum Gasteiger partial charge on any atom is -0.457 e. The van der Waals surface area contributed by atoms with Crippen LogP contribution in [-0.4, -0.2) is 0 Å². The average Bonchev–Trinajstić information content (AvgIpc) is 2.66. The number of hydrogen-bond donors (Lipinski definition) is 0. The Balaban J connectivity index is 2.09. The highest BCUT2D eigenvalue weighted by molar-refractivity contribution is 5.71. The van der Waals surface area contributed by atoms with Crippen molar-refractivity contribution in [3.05, 3.63) is 94.7 Å². The van der Waals surface area contributed by atoms with Crippen LogP contribution < -0.4 is 19.7 Å². The van der Waals surface area contributed by atoms with E-state index in [2.05, 4.69) is 80.7 Å². The second-order valence-corrected chi connectivity index (χ2v) is 6.73. The monoisotopic (exact) mass is 356 g/mol. The van der Waals surface area contributed by atoms with Gasteiger partial charge < -0.3 is 4.74 Å². The highest BCUT2D eigenvalue weighted by Crippen LogP contribution is 2.35. The van der Waals surface area contributed by atoms with Crippen LogP contribution in [-0.2, 0) is 7.05 Å². The minimum absolute atomic E-state index is 0.623. The fourth-order valence-electron chi connectivity index (χ4n) is 3.26. The molecule has 0 amide bonds. The molecule has 0 unspecified atom stereocenters. The quantitative estimate of drug-likeness (QED) is 0.509. The average molecular weight is 356 g/mol. The Kier molecular flexibility index (Phi) is 5.56. The lowest BCUT2D eigenvalue weighted by atomic mass is 10.00. The highest BCUT2D eigenvalue weighted by Gasteiger charge is 2.19. The van der Waals surface area contributed by atoms with Crippen LogP contribution in [0.2, 0.25) is 0 Å². The molecule has 3 rings (SSSR count). The second-order valence-electron chi connectivity index (χ2n) is 6.73. The van der Waals surface area contributed by atoms with Crippen molar-refractivity contribution in [2.45, 2.75) is 20.8 Å². The van der Waals surface area contributed by atoms with Crippen molar-refractivity contribution < 1.29 is 9.30 Å². The predicted octanol–water partition coefficient (Wildman–Crippen LogP) is 3.97. The Morgan fingerprint density at radius 2 is 1.59 bits per heavy atom. The normalized spacial score (nSPS) is 12.3. The first kappa shape index (κ1) is 18.7. The van der Waals surface area contributed by atoms with Crippen LogP contribution in [0.1, 0.15) is 18.1 Å². The molecule has 0 N–H and O–H groups in total. The lowest BCUT2D eigenvalue weighted by Gasteiger charge is -2.15. The molecule has 0 bridgehead atoms. The van der Waals surface area contributed by atoms with Crippen LogP contribution in [0.4, 0.5) is 0 Å². The van der Waals surface area contributed by atoms with Gasteiger partial charge in [-0.3, -0.25) is 0 Å². The zero-order chi connectivity index (χ0) is 19.4. The molecule has 2 nitrogen and oxygen atoms in total.